The number of carbonyl (C=O) groups is 1. The number of nitrogen functional groups attached to an aromatic ring is 1. The highest BCUT2D eigenvalue weighted by molar-refractivity contribution is 5.79. The van der Waals surface area contributed by atoms with E-state index in [0.29, 0.717) is 17.8 Å². The zero-order valence-corrected chi connectivity index (χ0v) is 15.5. The van der Waals surface area contributed by atoms with Gasteiger partial charge in [-0.25, -0.2) is 9.97 Å². The third kappa shape index (κ3) is 3.77. The first-order valence-electron chi connectivity index (χ1n) is 10.1. The molecule has 3 aliphatic rings. The second kappa shape index (κ2) is 7.78. The second-order valence-corrected chi connectivity index (χ2v) is 7.89. The molecular weight excluding hydrogens is 328 g/mol. The summed E-state index contributed by atoms with van der Waals surface area (Å²) in [5, 5.41) is 0. The van der Waals surface area contributed by atoms with Crippen molar-refractivity contribution in [3.8, 4) is 0 Å². The van der Waals surface area contributed by atoms with Gasteiger partial charge in [-0.05, 0) is 45.1 Å². The van der Waals surface area contributed by atoms with Gasteiger partial charge in [0.05, 0.1) is 5.92 Å². The van der Waals surface area contributed by atoms with Crippen LogP contribution >= 0.6 is 0 Å². The van der Waals surface area contributed by atoms with Crippen LogP contribution in [-0.4, -0.2) is 71.0 Å². The molecule has 26 heavy (non-hydrogen) atoms. The minimum atomic E-state index is 0.210. The largest absolute Gasteiger partial charge is 0.384 e. The van der Waals surface area contributed by atoms with Crippen LogP contribution < -0.4 is 10.6 Å². The fourth-order valence-corrected chi connectivity index (χ4v) is 4.73. The van der Waals surface area contributed by atoms with Crippen LogP contribution in [-0.2, 0) is 4.79 Å². The molecular formula is C19H30N6O. The summed E-state index contributed by atoms with van der Waals surface area (Å²) in [5.74, 6) is 2.07. The summed E-state index contributed by atoms with van der Waals surface area (Å²) in [5.41, 5.74) is 5.78. The lowest BCUT2D eigenvalue weighted by Gasteiger charge is -2.42. The molecule has 0 aliphatic carbocycles. The molecule has 3 aliphatic heterocycles. The van der Waals surface area contributed by atoms with E-state index in [0.717, 1.165) is 70.8 Å². The minimum absolute atomic E-state index is 0.210. The third-order valence-electron chi connectivity index (χ3n) is 6.20. The highest BCUT2D eigenvalue weighted by Gasteiger charge is 2.34. The van der Waals surface area contributed by atoms with Gasteiger partial charge in [-0.2, -0.15) is 0 Å². The van der Waals surface area contributed by atoms with Crippen LogP contribution in [0.5, 0.6) is 0 Å². The Hall–Kier alpha value is -1.89. The summed E-state index contributed by atoms with van der Waals surface area (Å²) in [7, 11) is 0. The van der Waals surface area contributed by atoms with E-state index in [4.69, 9.17) is 5.73 Å². The lowest BCUT2D eigenvalue weighted by atomic mass is 9.93. The van der Waals surface area contributed by atoms with Crippen LogP contribution in [0.3, 0.4) is 0 Å². The first-order valence-corrected chi connectivity index (χ1v) is 10.1. The van der Waals surface area contributed by atoms with Crippen molar-refractivity contribution in [3.63, 3.8) is 0 Å². The van der Waals surface area contributed by atoms with Gasteiger partial charge in [0, 0.05) is 44.8 Å². The Morgan fingerprint density at radius 1 is 1.00 bits per heavy atom. The number of anilines is 2. The molecule has 7 nitrogen and oxygen atoms in total. The van der Waals surface area contributed by atoms with Crippen molar-refractivity contribution in [2.45, 2.75) is 44.6 Å². The Labute approximate surface area is 155 Å². The predicted molar refractivity (Wildman–Crippen MR) is 102 cm³/mol. The van der Waals surface area contributed by atoms with Crippen molar-refractivity contribution in [3.05, 3.63) is 12.4 Å². The second-order valence-electron chi connectivity index (χ2n) is 7.89. The average Bonchev–Trinajstić information content (AvgIpc) is 3.22. The number of carbonyl (C=O) groups excluding carboxylic acids is 1. The van der Waals surface area contributed by atoms with E-state index in [-0.39, 0.29) is 5.92 Å². The van der Waals surface area contributed by atoms with Crippen molar-refractivity contribution < 1.29 is 4.79 Å². The van der Waals surface area contributed by atoms with Gasteiger partial charge in [-0.3, -0.25) is 9.69 Å². The maximum Gasteiger partial charge on any atom is 0.226 e. The van der Waals surface area contributed by atoms with Gasteiger partial charge in [0.2, 0.25) is 5.91 Å². The summed E-state index contributed by atoms with van der Waals surface area (Å²) in [6.07, 6.45) is 8.33. The van der Waals surface area contributed by atoms with Crippen LogP contribution in [0, 0.1) is 5.92 Å². The van der Waals surface area contributed by atoms with Crippen molar-refractivity contribution in [2.24, 2.45) is 5.92 Å². The molecule has 0 spiro atoms. The molecule has 1 aromatic rings. The SMILES string of the molecule is Nc1cc(N2CCC(N3CCC[C@@H](C(=O)N4CCCC4)C3)CC2)ncn1. The van der Waals surface area contributed by atoms with Crippen molar-refractivity contribution in [2.75, 3.05) is 49.9 Å². The molecule has 1 aromatic heterocycles. The van der Waals surface area contributed by atoms with E-state index < -0.39 is 0 Å². The van der Waals surface area contributed by atoms with E-state index >= 15 is 0 Å². The zero-order valence-electron chi connectivity index (χ0n) is 15.5. The number of aromatic nitrogens is 2. The highest BCUT2D eigenvalue weighted by Crippen LogP contribution is 2.27. The Morgan fingerprint density at radius 2 is 1.77 bits per heavy atom. The molecule has 1 amide bonds. The number of hydrogen-bond acceptors (Lipinski definition) is 6. The quantitative estimate of drug-likeness (QED) is 0.879. The van der Waals surface area contributed by atoms with E-state index in [1.807, 2.05) is 6.07 Å². The van der Waals surface area contributed by atoms with Crippen LogP contribution in [0.2, 0.25) is 0 Å². The van der Waals surface area contributed by atoms with Gasteiger partial charge in [0.15, 0.2) is 0 Å². The molecule has 0 unspecified atom stereocenters. The molecule has 2 N–H and O–H groups in total. The van der Waals surface area contributed by atoms with E-state index in [1.165, 1.54) is 19.2 Å². The molecule has 0 aromatic carbocycles. The molecule has 0 bridgehead atoms. The monoisotopic (exact) mass is 358 g/mol. The number of likely N-dealkylation sites (tertiary alicyclic amines) is 2. The summed E-state index contributed by atoms with van der Waals surface area (Å²) < 4.78 is 0. The summed E-state index contributed by atoms with van der Waals surface area (Å²) in [6.45, 7) is 5.99. The maximum atomic E-state index is 12.8. The number of nitrogens with zero attached hydrogens (tertiary/aromatic N) is 5. The number of piperidine rings is 2. The highest BCUT2D eigenvalue weighted by atomic mass is 16.2. The van der Waals surface area contributed by atoms with E-state index in [9.17, 15) is 4.79 Å². The topological polar surface area (TPSA) is 78.6 Å². The predicted octanol–water partition coefficient (Wildman–Crippen LogP) is 1.36. The van der Waals surface area contributed by atoms with Gasteiger partial charge in [0.1, 0.15) is 18.0 Å². The molecule has 3 saturated heterocycles. The zero-order chi connectivity index (χ0) is 17.9. The summed E-state index contributed by atoms with van der Waals surface area (Å²) in [4.78, 5) is 28.1. The minimum Gasteiger partial charge on any atom is -0.384 e. The fourth-order valence-electron chi connectivity index (χ4n) is 4.73. The average molecular weight is 358 g/mol. The molecule has 0 radical (unpaired) electrons. The van der Waals surface area contributed by atoms with Gasteiger partial charge >= 0.3 is 0 Å². The summed E-state index contributed by atoms with van der Waals surface area (Å²) >= 11 is 0. The molecule has 0 saturated carbocycles. The maximum absolute atomic E-state index is 12.8. The van der Waals surface area contributed by atoms with Gasteiger partial charge in [0.25, 0.3) is 0 Å². The summed E-state index contributed by atoms with van der Waals surface area (Å²) in [6, 6.07) is 2.44. The Balaban J connectivity index is 1.31. The van der Waals surface area contributed by atoms with Crippen molar-refractivity contribution in [1.29, 1.82) is 0 Å². The van der Waals surface area contributed by atoms with Gasteiger partial charge in [-0.1, -0.05) is 0 Å². The number of nitrogens with two attached hydrogens (primary N) is 1. The van der Waals surface area contributed by atoms with Crippen molar-refractivity contribution in [1.82, 2.24) is 19.8 Å². The Bertz CT molecular complexity index is 624. The molecule has 7 heteroatoms. The van der Waals surface area contributed by atoms with Crippen LogP contribution in [0.15, 0.2) is 12.4 Å². The van der Waals surface area contributed by atoms with Crippen LogP contribution in [0.4, 0.5) is 11.6 Å². The number of hydrogen-bond donors (Lipinski definition) is 1. The molecule has 3 fully saturated rings. The lowest BCUT2D eigenvalue weighted by Crippen LogP contribution is -2.51. The molecule has 4 rings (SSSR count). The van der Waals surface area contributed by atoms with Crippen LogP contribution in [0.25, 0.3) is 0 Å². The standard InChI is InChI=1S/C19H30N6O/c20-17-12-18(22-14-21-17)23-10-5-16(6-11-23)25-9-3-4-15(13-25)19(26)24-7-1-2-8-24/h12,14-16H,1-11,13H2,(H2,20,21,22)/t15-/m1/s1. The number of amides is 1. The number of rotatable bonds is 3. The molecule has 142 valence electrons. The smallest absolute Gasteiger partial charge is 0.226 e. The lowest BCUT2D eigenvalue weighted by molar-refractivity contribution is -0.136. The molecule has 4 heterocycles. The first kappa shape index (κ1) is 17.5. The normalized spacial score (nSPS) is 25.6. The third-order valence-corrected chi connectivity index (χ3v) is 6.20. The van der Waals surface area contributed by atoms with Crippen molar-refractivity contribution >= 4 is 17.5 Å². The van der Waals surface area contributed by atoms with E-state index in [2.05, 4.69) is 24.7 Å². The van der Waals surface area contributed by atoms with Gasteiger partial charge in [-0.15, -0.1) is 0 Å². The van der Waals surface area contributed by atoms with E-state index in [1.54, 1.807) is 0 Å². The van der Waals surface area contributed by atoms with Crippen LogP contribution in [0.1, 0.15) is 38.5 Å². The Morgan fingerprint density at radius 3 is 2.50 bits per heavy atom. The first-order chi connectivity index (χ1) is 12.7. The molecule has 1 atom stereocenters. The van der Waals surface area contributed by atoms with Gasteiger partial charge < -0.3 is 15.5 Å². The Kier molecular flexibility index (Phi) is 5.24. The fraction of sp³-hybridized carbons (Fsp3) is 0.737.